The Morgan fingerprint density at radius 2 is 1.43 bits per heavy atom. The van der Waals surface area contributed by atoms with Crippen LogP contribution in [-0.2, 0) is 0 Å². The Kier molecular flexibility index (Phi) is 5.54. The lowest BCUT2D eigenvalue weighted by atomic mass is 10.1. The minimum absolute atomic E-state index is 0.304. The summed E-state index contributed by atoms with van der Waals surface area (Å²) in [5, 5.41) is 5.73. The van der Waals surface area contributed by atoms with E-state index in [1.807, 2.05) is 64.1 Å². The maximum atomic E-state index is 12.6. The molecular formula is C23H23N3O2. The molecule has 0 atom stereocenters. The first-order valence-electron chi connectivity index (χ1n) is 9.06. The van der Waals surface area contributed by atoms with Gasteiger partial charge in [-0.05, 0) is 74.2 Å². The number of carbonyl (C=O) groups is 2. The number of pyridine rings is 1. The van der Waals surface area contributed by atoms with Crippen molar-refractivity contribution in [3.05, 3.63) is 88.2 Å². The molecule has 0 aliphatic heterocycles. The van der Waals surface area contributed by atoms with Crippen LogP contribution in [0.1, 0.15) is 43.0 Å². The van der Waals surface area contributed by atoms with E-state index < -0.39 is 0 Å². The lowest BCUT2D eigenvalue weighted by molar-refractivity contribution is 0.102. The molecule has 0 saturated carbocycles. The highest BCUT2D eigenvalue weighted by Crippen LogP contribution is 2.19. The molecule has 0 unspecified atom stereocenters. The average molecular weight is 373 g/mol. The Labute approximate surface area is 164 Å². The van der Waals surface area contributed by atoms with Gasteiger partial charge in [0.2, 0.25) is 0 Å². The third kappa shape index (κ3) is 4.26. The number of amides is 2. The zero-order valence-corrected chi connectivity index (χ0v) is 16.5. The van der Waals surface area contributed by atoms with Crippen LogP contribution in [0.2, 0.25) is 0 Å². The molecule has 0 bridgehead atoms. The highest BCUT2D eigenvalue weighted by molar-refractivity contribution is 6.08. The molecule has 0 radical (unpaired) electrons. The van der Waals surface area contributed by atoms with Gasteiger partial charge in [0.25, 0.3) is 11.8 Å². The summed E-state index contributed by atoms with van der Waals surface area (Å²) in [6.45, 7) is 7.95. The van der Waals surface area contributed by atoms with Gasteiger partial charge in [-0.3, -0.25) is 14.6 Å². The number of hydrogen-bond donors (Lipinski definition) is 2. The molecule has 0 spiro atoms. The van der Waals surface area contributed by atoms with Gasteiger partial charge in [0, 0.05) is 23.8 Å². The second-order valence-corrected chi connectivity index (χ2v) is 6.92. The highest BCUT2D eigenvalue weighted by atomic mass is 16.2. The Balaban J connectivity index is 1.77. The Bertz CT molecular complexity index is 1060. The molecule has 3 rings (SSSR count). The molecule has 5 nitrogen and oxygen atoms in total. The Morgan fingerprint density at radius 3 is 2.11 bits per heavy atom. The predicted molar refractivity (Wildman–Crippen MR) is 112 cm³/mol. The number of nitrogens with one attached hydrogen (secondary N) is 2. The molecule has 28 heavy (non-hydrogen) atoms. The van der Waals surface area contributed by atoms with E-state index in [1.54, 1.807) is 6.07 Å². The first kappa shape index (κ1) is 19.3. The largest absolute Gasteiger partial charge is 0.322 e. The number of anilines is 2. The minimum Gasteiger partial charge on any atom is -0.322 e. The molecule has 142 valence electrons. The van der Waals surface area contributed by atoms with Crippen LogP contribution in [-0.4, -0.2) is 16.8 Å². The van der Waals surface area contributed by atoms with Crippen molar-refractivity contribution in [1.82, 2.24) is 4.98 Å². The SMILES string of the molecule is Cc1ccc(NC(=O)c2cncc(C(=O)Nc3cccc(C)c3C)c2)cc1C. The van der Waals surface area contributed by atoms with Gasteiger partial charge in [-0.1, -0.05) is 18.2 Å². The van der Waals surface area contributed by atoms with E-state index in [4.69, 9.17) is 0 Å². The average Bonchev–Trinajstić information content (AvgIpc) is 2.68. The highest BCUT2D eigenvalue weighted by Gasteiger charge is 2.13. The fraction of sp³-hybridized carbons (Fsp3) is 0.174. The van der Waals surface area contributed by atoms with Crippen molar-refractivity contribution >= 4 is 23.2 Å². The molecule has 1 heterocycles. The molecule has 0 aliphatic carbocycles. The number of nitrogens with zero attached hydrogens (tertiary/aromatic N) is 1. The summed E-state index contributed by atoms with van der Waals surface area (Å²) in [4.78, 5) is 29.2. The standard InChI is InChI=1S/C23H23N3O2/c1-14-8-9-20(10-16(14)3)25-22(27)18-11-19(13-24-12-18)23(28)26-21-7-5-6-15(2)17(21)4/h5-13H,1-4H3,(H,25,27)(H,26,28). The van der Waals surface area contributed by atoms with E-state index in [0.29, 0.717) is 16.8 Å². The van der Waals surface area contributed by atoms with E-state index in [2.05, 4.69) is 15.6 Å². The number of aromatic nitrogens is 1. The summed E-state index contributed by atoms with van der Waals surface area (Å²) in [5.74, 6) is -0.612. The smallest absolute Gasteiger partial charge is 0.257 e. The summed E-state index contributed by atoms with van der Waals surface area (Å²) in [6.07, 6.45) is 2.90. The lowest BCUT2D eigenvalue weighted by Gasteiger charge is -2.11. The van der Waals surface area contributed by atoms with Gasteiger partial charge in [-0.25, -0.2) is 0 Å². The topological polar surface area (TPSA) is 71.1 Å². The van der Waals surface area contributed by atoms with Gasteiger partial charge in [0.1, 0.15) is 0 Å². The van der Waals surface area contributed by atoms with Crippen LogP contribution >= 0.6 is 0 Å². The van der Waals surface area contributed by atoms with Crippen molar-refractivity contribution in [2.45, 2.75) is 27.7 Å². The van der Waals surface area contributed by atoms with Gasteiger partial charge < -0.3 is 10.6 Å². The molecule has 0 aliphatic rings. The Hall–Kier alpha value is -3.47. The third-order valence-electron chi connectivity index (χ3n) is 4.88. The van der Waals surface area contributed by atoms with Crippen LogP contribution in [0.25, 0.3) is 0 Å². The van der Waals surface area contributed by atoms with Crippen LogP contribution in [0.4, 0.5) is 11.4 Å². The fourth-order valence-corrected chi connectivity index (χ4v) is 2.79. The Morgan fingerprint density at radius 1 is 0.750 bits per heavy atom. The van der Waals surface area contributed by atoms with E-state index in [0.717, 1.165) is 27.9 Å². The summed E-state index contributed by atoms with van der Waals surface area (Å²) < 4.78 is 0. The predicted octanol–water partition coefficient (Wildman–Crippen LogP) is 4.82. The maximum Gasteiger partial charge on any atom is 0.257 e. The van der Waals surface area contributed by atoms with Crippen molar-refractivity contribution in [1.29, 1.82) is 0 Å². The fourth-order valence-electron chi connectivity index (χ4n) is 2.79. The normalized spacial score (nSPS) is 10.4. The van der Waals surface area contributed by atoms with Crippen molar-refractivity contribution in [2.75, 3.05) is 10.6 Å². The maximum absolute atomic E-state index is 12.6. The van der Waals surface area contributed by atoms with Crippen LogP contribution in [0.5, 0.6) is 0 Å². The molecule has 0 fully saturated rings. The minimum atomic E-state index is -0.308. The molecule has 2 amide bonds. The summed E-state index contributed by atoms with van der Waals surface area (Å²) in [6, 6.07) is 13.0. The van der Waals surface area contributed by atoms with Gasteiger partial charge in [-0.2, -0.15) is 0 Å². The van der Waals surface area contributed by atoms with E-state index in [9.17, 15) is 9.59 Å². The zero-order valence-electron chi connectivity index (χ0n) is 16.5. The van der Waals surface area contributed by atoms with Crippen LogP contribution in [0.15, 0.2) is 54.9 Å². The monoisotopic (exact) mass is 373 g/mol. The second-order valence-electron chi connectivity index (χ2n) is 6.92. The number of rotatable bonds is 4. The van der Waals surface area contributed by atoms with Crippen molar-refractivity contribution < 1.29 is 9.59 Å². The van der Waals surface area contributed by atoms with Gasteiger partial charge in [-0.15, -0.1) is 0 Å². The zero-order chi connectivity index (χ0) is 20.3. The second kappa shape index (κ2) is 8.05. The molecule has 3 aromatic rings. The van der Waals surface area contributed by atoms with Crippen LogP contribution in [0.3, 0.4) is 0 Å². The first-order chi connectivity index (χ1) is 13.3. The van der Waals surface area contributed by atoms with Crippen LogP contribution in [0, 0.1) is 27.7 Å². The van der Waals surface area contributed by atoms with Crippen molar-refractivity contribution in [3.8, 4) is 0 Å². The summed E-state index contributed by atoms with van der Waals surface area (Å²) >= 11 is 0. The van der Waals surface area contributed by atoms with E-state index >= 15 is 0 Å². The molecule has 5 heteroatoms. The van der Waals surface area contributed by atoms with E-state index in [-0.39, 0.29) is 11.8 Å². The van der Waals surface area contributed by atoms with Gasteiger partial charge in [0.15, 0.2) is 0 Å². The lowest BCUT2D eigenvalue weighted by Crippen LogP contribution is -2.16. The van der Waals surface area contributed by atoms with E-state index in [1.165, 1.54) is 12.4 Å². The van der Waals surface area contributed by atoms with Crippen molar-refractivity contribution in [2.24, 2.45) is 0 Å². The van der Waals surface area contributed by atoms with Gasteiger partial charge >= 0.3 is 0 Å². The third-order valence-corrected chi connectivity index (χ3v) is 4.88. The number of aryl methyl sites for hydroxylation is 3. The number of carbonyl (C=O) groups excluding carboxylic acids is 2. The summed E-state index contributed by atoms with van der Waals surface area (Å²) in [5.41, 5.74) is 6.46. The van der Waals surface area contributed by atoms with Gasteiger partial charge in [0.05, 0.1) is 11.1 Å². The molecule has 1 aromatic heterocycles. The molecule has 2 N–H and O–H groups in total. The summed E-state index contributed by atoms with van der Waals surface area (Å²) in [7, 11) is 0. The van der Waals surface area contributed by atoms with Crippen LogP contribution < -0.4 is 10.6 Å². The number of benzene rings is 2. The quantitative estimate of drug-likeness (QED) is 0.689. The number of hydrogen-bond acceptors (Lipinski definition) is 3. The molecule has 0 saturated heterocycles. The van der Waals surface area contributed by atoms with Crippen molar-refractivity contribution in [3.63, 3.8) is 0 Å². The molecular weight excluding hydrogens is 350 g/mol. The first-order valence-corrected chi connectivity index (χ1v) is 9.06. The molecule has 2 aromatic carbocycles.